The molecule has 0 fully saturated rings. The van der Waals surface area contributed by atoms with E-state index in [0.29, 0.717) is 12.8 Å². The average Bonchev–Trinajstić information content (AvgIpc) is 2.17. The standard InChI is InChI=1S/C10H14N2O3/c1-11-6-2-3-8(13)7-4-5-9(14)12-10(7)15/h4-5,11H,2-3,6H2,1H3,(H2,12,14,15). The maximum absolute atomic E-state index is 11.5. The summed E-state index contributed by atoms with van der Waals surface area (Å²) >= 11 is 0. The molecule has 3 N–H and O–H groups in total. The van der Waals surface area contributed by atoms with Crippen molar-refractivity contribution in [3.63, 3.8) is 0 Å². The molecule has 5 heteroatoms. The fraction of sp³-hybridized carbons (Fsp3) is 0.400. The molecule has 0 radical (unpaired) electrons. The lowest BCUT2D eigenvalue weighted by Crippen LogP contribution is -2.12. The maximum Gasteiger partial charge on any atom is 0.250 e. The molecule has 0 aliphatic rings. The zero-order chi connectivity index (χ0) is 11.3. The summed E-state index contributed by atoms with van der Waals surface area (Å²) in [6.07, 6.45) is 1.05. The van der Waals surface area contributed by atoms with E-state index in [1.54, 1.807) is 0 Å². The van der Waals surface area contributed by atoms with Crippen LogP contribution in [-0.4, -0.2) is 29.5 Å². The van der Waals surface area contributed by atoms with Crippen LogP contribution in [0.15, 0.2) is 16.9 Å². The van der Waals surface area contributed by atoms with Crippen molar-refractivity contribution in [2.75, 3.05) is 13.6 Å². The summed E-state index contributed by atoms with van der Waals surface area (Å²) in [6, 6.07) is 2.57. The highest BCUT2D eigenvalue weighted by molar-refractivity contribution is 5.97. The van der Waals surface area contributed by atoms with Gasteiger partial charge in [-0.3, -0.25) is 14.6 Å². The second-order valence-corrected chi connectivity index (χ2v) is 3.22. The van der Waals surface area contributed by atoms with E-state index >= 15 is 0 Å². The van der Waals surface area contributed by atoms with Crippen molar-refractivity contribution in [3.05, 3.63) is 28.0 Å². The third-order valence-electron chi connectivity index (χ3n) is 2.03. The lowest BCUT2D eigenvalue weighted by molar-refractivity contribution is 0.0977. The highest BCUT2D eigenvalue weighted by atomic mass is 16.3. The van der Waals surface area contributed by atoms with Crippen molar-refractivity contribution in [3.8, 4) is 5.88 Å². The van der Waals surface area contributed by atoms with Gasteiger partial charge < -0.3 is 10.4 Å². The van der Waals surface area contributed by atoms with Crippen LogP contribution < -0.4 is 10.9 Å². The van der Waals surface area contributed by atoms with Gasteiger partial charge in [0.05, 0.1) is 5.56 Å². The predicted octanol–water partition coefficient (Wildman–Crippen LogP) is 0.263. The van der Waals surface area contributed by atoms with Crippen LogP contribution >= 0.6 is 0 Å². The molecule has 1 aromatic heterocycles. The largest absolute Gasteiger partial charge is 0.494 e. The third-order valence-corrected chi connectivity index (χ3v) is 2.03. The van der Waals surface area contributed by atoms with E-state index in [1.165, 1.54) is 12.1 Å². The molecule has 0 spiro atoms. The van der Waals surface area contributed by atoms with Gasteiger partial charge in [0.2, 0.25) is 5.88 Å². The number of nitrogens with one attached hydrogen (secondary N) is 2. The van der Waals surface area contributed by atoms with Gasteiger partial charge in [-0.05, 0) is 26.1 Å². The Balaban J connectivity index is 2.69. The number of aromatic hydroxyl groups is 1. The first-order chi connectivity index (χ1) is 7.15. The van der Waals surface area contributed by atoms with Crippen LogP contribution in [0.4, 0.5) is 0 Å². The van der Waals surface area contributed by atoms with Crippen LogP contribution in [-0.2, 0) is 0 Å². The molecule has 1 aromatic rings. The third kappa shape index (κ3) is 3.21. The molecule has 5 nitrogen and oxygen atoms in total. The van der Waals surface area contributed by atoms with Gasteiger partial charge in [-0.2, -0.15) is 0 Å². The molecule has 0 bridgehead atoms. The number of aromatic amines is 1. The highest BCUT2D eigenvalue weighted by Crippen LogP contribution is 2.13. The molecule has 0 saturated carbocycles. The minimum Gasteiger partial charge on any atom is -0.494 e. The normalized spacial score (nSPS) is 10.2. The number of aromatic nitrogens is 1. The number of H-pyrrole nitrogens is 1. The molecule has 0 aromatic carbocycles. The van der Waals surface area contributed by atoms with E-state index in [-0.39, 0.29) is 17.2 Å². The molecule has 15 heavy (non-hydrogen) atoms. The van der Waals surface area contributed by atoms with Crippen LogP contribution in [0.25, 0.3) is 0 Å². The van der Waals surface area contributed by atoms with Crippen LogP contribution in [0.2, 0.25) is 0 Å². The second-order valence-electron chi connectivity index (χ2n) is 3.22. The van der Waals surface area contributed by atoms with E-state index in [4.69, 9.17) is 0 Å². The molecule has 1 heterocycles. The Bertz CT molecular complexity index is 398. The van der Waals surface area contributed by atoms with Crippen LogP contribution in [0.3, 0.4) is 0 Å². The topological polar surface area (TPSA) is 82.2 Å². The van der Waals surface area contributed by atoms with Crippen LogP contribution in [0.1, 0.15) is 23.2 Å². The zero-order valence-electron chi connectivity index (χ0n) is 8.54. The minimum absolute atomic E-state index is 0.168. The summed E-state index contributed by atoms with van der Waals surface area (Å²) in [5.74, 6) is -0.518. The minimum atomic E-state index is -0.417. The average molecular weight is 210 g/mol. The highest BCUT2D eigenvalue weighted by Gasteiger charge is 2.10. The first-order valence-electron chi connectivity index (χ1n) is 4.75. The van der Waals surface area contributed by atoms with Crippen molar-refractivity contribution < 1.29 is 9.90 Å². The Morgan fingerprint density at radius 1 is 1.53 bits per heavy atom. The van der Waals surface area contributed by atoms with Crippen molar-refractivity contribution in [2.24, 2.45) is 0 Å². The number of hydrogen-bond acceptors (Lipinski definition) is 4. The smallest absolute Gasteiger partial charge is 0.250 e. The van der Waals surface area contributed by atoms with Gasteiger partial charge in [-0.25, -0.2) is 0 Å². The summed E-state index contributed by atoms with van der Waals surface area (Å²) in [6.45, 7) is 0.746. The fourth-order valence-corrected chi connectivity index (χ4v) is 1.25. The van der Waals surface area contributed by atoms with Gasteiger partial charge >= 0.3 is 0 Å². The number of Topliss-reactive ketones (excluding diaryl/α,β-unsaturated/α-hetero) is 1. The Labute approximate surface area is 87.1 Å². The maximum atomic E-state index is 11.5. The van der Waals surface area contributed by atoms with E-state index in [2.05, 4.69) is 10.3 Å². The van der Waals surface area contributed by atoms with Crippen molar-refractivity contribution in [1.82, 2.24) is 10.3 Å². The number of carbonyl (C=O) groups excluding carboxylic acids is 1. The first-order valence-corrected chi connectivity index (χ1v) is 4.75. The Kier molecular flexibility index (Phi) is 4.05. The number of ketones is 1. The molecule has 82 valence electrons. The summed E-state index contributed by atoms with van der Waals surface area (Å²) in [5.41, 5.74) is -0.245. The Morgan fingerprint density at radius 3 is 2.87 bits per heavy atom. The summed E-state index contributed by atoms with van der Waals surface area (Å²) < 4.78 is 0. The molecule has 0 aliphatic carbocycles. The summed E-state index contributed by atoms with van der Waals surface area (Å²) in [5, 5.41) is 12.3. The lowest BCUT2D eigenvalue weighted by atomic mass is 10.1. The van der Waals surface area contributed by atoms with Crippen LogP contribution in [0.5, 0.6) is 5.88 Å². The fourth-order valence-electron chi connectivity index (χ4n) is 1.25. The molecule has 0 amide bonds. The van der Waals surface area contributed by atoms with E-state index in [9.17, 15) is 14.7 Å². The Hall–Kier alpha value is -1.62. The second kappa shape index (κ2) is 5.31. The lowest BCUT2D eigenvalue weighted by Gasteiger charge is -2.02. The Morgan fingerprint density at radius 2 is 2.27 bits per heavy atom. The van der Waals surface area contributed by atoms with Crippen molar-refractivity contribution in [2.45, 2.75) is 12.8 Å². The van der Waals surface area contributed by atoms with E-state index < -0.39 is 5.56 Å². The van der Waals surface area contributed by atoms with E-state index in [1.807, 2.05) is 7.05 Å². The zero-order valence-corrected chi connectivity index (χ0v) is 8.54. The molecule has 1 rings (SSSR count). The van der Waals surface area contributed by atoms with Gasteiger partial charge in [0.1, 0.15) is 0 Å². The molecule has 0 atom stereocenters. The summed E-state index contributed by atoms with van der Waals surface area (Å²) in [4.78, 5) is 24.5. The molecule has 0 saturated heterocycles. The van der Waals surface area contributed by atoms with Gasteiger partial charge in [0.15, 0.2) is 5.78 Å². The van der Waals surface area contributed by atoms with Gasteiger partial charge in [0.25, 0.3) is 5.56 Å². The number of hydrogen-bond donors (Lipinski definition) is 3. The molecular weight excluding hydrogens is 196 g/mol. The van der Waals surface area contributed by atoms with Crippen molar-refractivity contribution >= 4 is 5.78 Å². The van der Waals surface area contributed by atoms with Crippen LogP contribution in [0, 0.1) is 0 Å². The monoisotopic (exact) mass is 210 g/mol. The quantitative estimate of drug-likeness (QED) is 0.481. The number of pyridine rings is 1. The van der Waals surface area contributed by atoms with E-state index in [0.717, 1.165) is 6.54 Å². The number of rotatable bonds is 5. The SMILES string of the molecule is CNCCCC(=O)c1ccc(=O)[nH]c1O. The molecular formula is C10H14N2O3. The van der Waals surface area contributed by atoms with Gasteiger partial charge in [-0.1, -0.05) is 0 Å². The predicted molar refractivity (Wildman–Crippen MR) is 56.2 cm³/mol. The summed E-state index contributed by atoms with van der Waals surface area (Å²) in [7, 11) is 1.81. The van der Waals surface area contributed by atoms with Gasteiger partial charge in [0, 0.05) is 12.5 Å². The molecule has 0 aliphatic heterocycles. The number of carbonyl (C=O) groups is 1. The molecule has 0 unspecified atom stereocenters. The van der Waals surface area contributed by atoms with Crippen molar-refractivity contribution in [1.29, 1.82) is 0 Å². The first kappa shape index (κ1) is 11.5. The van der Waals surface area contributed by atoms with Gasteiger partial charge in [-0.15, -0.1) is 0 Å².